The zero-order chi connectivity index (χ0) is 10.8. The quantitative estimate of drug-likeness (QED) is 0.566. The van der Waals surface area contributed by atoms with Gasteiger partial charge in [0.2, 0.25) is 0 Å². The van der Waals surface area contributed by atoms with Crippen LogP contribution in [-0.2, 0) is 12.3 Å². The van der Waals surface area contributed by atoms with Crippen molar-refractivity contribution in [2.75, 3.05) is 0 Å². The van der Waals surface area contributed by atoms with Crippen LogP contribution in [0.25, 0.3) is 10.9 Å². The Hall–Kier alpha value is -0.790. The molecule has 0 amide bonds. The van der Waals surface area contributed by atoms with Crippen molar-refractivity contribution in [3.63, 3.8) is 0 Å². The topological polar surface area (TPSA) is 12.9 Å². The number of aryl methyl sites for hydroxylation is 1. The first-order chi connectivity index (χ1) is 7.26. The summed E-state index contributed by atoms with van der Waals surface area (Å²) in [6.45, 7) is 2.11. The number of hydrogen-bond donors (Lipinski definition) is 0. The first kappa shape index (κ1) is 10.7. The van der Waals surface area contributed by atoms with Gasteiger partial charge in [-0.2, -0.15) is 0 Å². The standard InChI is InChI=1S/C12H11Cl2N/c1-2-8-4-3-5-9-6-10(7-13)12(14)15-11(8)9/h3-6H,2,7H2,1H3. The van der Waals surface area contributed by atoms with E-state index >= 15 is 0 Å². The first-order valence-electron chi connectivity index (χ1n) is 4.89. The van der Waals surface area contributed by atoms with Crippen LogP contribution in [0.2, 0.25) is 5.15 Å². The summed E-state index contributed by atoms with van der Waals surface area (Å²) in [6, 6.07) is 8.16. The van der Waals surface area contributed by atoms with Crippen molar-refractivity contribution >= 4 is 34.1 Å². The molecule has 0 unspecified atom stereocenters. The van der Waals surface area contributed by atoms with E-state index in [-0.39, 0.29) is 0 Å². The minimum atomic E-state index is 0.401. The van der Waals surface area contributed by atoms with Gasteiger partial charge in [-0.25, -0.2) is 4.98 Å². The van der Waals surface area contributed by atoms with Crippen molar-refractivity contribution in [2.24, 2.45) is 0 Å². The lowest BCUT2D eigenvalue weighted by Gasteiger charge is -2.06. The van der Waals surface area contributed by atoms with Gasteiger partial charge in [-0.15, -0.1) is 11.6 Å². The van der Waals surface area contributed by atoms with Gasteiger partial charge in [-0.05, 0) is 18.1 Å². The summed E-state index contributed by atoms with van der Waals surface area (Å²) in [7, 11) is 0. The average molecular weight is 240 g/mol. The Bertz CT molecular complexity index is 494. The monoisotopic (exact) mass is 239 g/mol. The number of halogens is 2. The normalized spacial score (nSPS) is 10.9. The van der Waals surface area contributed by atoms with Crippen molar-refractivity contribution in [3.05, 3.63) is 40.5 Å². The van der Waals surface area contributed by atoms with Crippen LogP contribution in [0.3, 0.4) is 0 Å². The Labute approximate surface area is 99.0 Å². The second kappa shape index (κ2) is 4.38. The van der Waals surface area contributed by atoms with Gasteiger partial charge in [0.25, 0.3) is 0 Å². The number of pyridine rings is 1. The van der Waals surface area contributed by atoms with Crippen molar-refractivity contribution < 1.29 is 0 Å². The van der Waals surface area contributed by atoms with E-state index in [1.54, 1.807) is 0 Å². The molecule has 0 bridgehead atoms. The maximum atomic E-state index is 6.04. The van der Waals surface area contributed by atoms with Gasteiger partial charge in [0.05, 0.1) is 11.4 Å². The number of alkyl halides is 1. The molecule has 0 aliphatic carbocycles. The van der Waals surface area contributed by atoms with E-state index in [4.69, 9.17) is 23.2 Å². The largest absolute Gasteiger partial charge is 0.235 e. The van der Waals surface area contributed by atoms with E-state index in [9.17, 15) is 0 Å². The second-order valence-electron chi connectivity index (χ2n) is 3.41. The summed E-state index contributed by atoms with van der Waals surface area (Å²) < 4.78 is 0. The zero-order valence-electron chi connectivity index (χ0n) is 8.43. The maximum Gasteiger partial charge on any atom is 0.134 e. The van der Waals surface area contributed by atoms with Crippen LogP contribution in [0.4, 0.5) is 0 Å². The molecule has 0 atom stereocenters. The molecule has 0 fully saturated rings. The summed E-state index contributed by atoms with van der Waals surface area (Å²) in [5, 5.41) is 1.62. The lowest BCUT2D eigenvalue weighted by molar-refractivity contribution is 1.14. The summed E-state index contributed by atoms with van der Waals surface area (Å²) in [6.07, 6.45) is 0.959. The molecule has 2 aromatic rings. The molecule has 0 aliphatic heterocycles. The highest BCUT2D eigenvalue weighted by Gasteiger charge is 2.06. The van der Waals surface area contributed by atoms with Crippen LogP contribution in [0.1, 0.15) is 18.1 Å². The van der Waals surface area contributed by atoms with Crippen LogP contribution >= 0.6 is 23.2 Å². The molecule has 78 valence electrons. The van der Waals surface area contributed by atoms with Gasteiger partial charge >= 0.3 is 0 Å². The van der Waals surface area contributed by atoms with Crippen LogP contribution in [0.5, 0.6) is 0 Å². The zero-order valence-corrected chi connectivity index (χ0v) is 9.94. The van der Waals surface area contributed by atoms with Crippen molar-refractivity contribution in [1.82, 2.24) is 4.98 Å². The van der Waals surface area contributed by atoms with E-state index in [1.807, 2.05) is 18.2 Å². The summed E-state index contributed by atoms with van der Waals surface area (Å²) in [5.41, 5.74) is 3.09. The highest BCUT2D eigenvalue weighted by Crippen LogP contribution is 2.24. The van der Waals surface area contributed by atoms with E-state index in [2.05, 4.69) is 18.0 Å². The molecule has 0 radical (unpaired) electrons. The number of rotatable bonds is 2. The predicted molar refractivity (Wildman–Crippen MR) is 65.7 cm³/mol. The highest BCUT2D eigenvalue weighted by atomic mass is 35.5. The van der Waals surface area contributed by atoms with Gasteiger partial charge in [-0.1, -0.05) is 36.7 Å². The molecular weight excluding hydrogens is 229 g/mol. The molecule has 0 saturated heterocycles. The Morgan fingerprint density at radius 2 is 2.07 bits per heavy atom. The van der Waals surface area contributed by atoms with Gasteiger partial charge in [0.1, 0.15) is 5.15 Å². The lowest BCUT2D eigenvalue weighted by atomic mass is 10.1. The Morgan fingerprint density at radius 3 is 2.73 bits per heavy atom. The van der Waals surface area contributed by atoms with Crippen molar-refractivity contribution in [3.8, 4) is 0 Å². The number of benzene rings is 1. The molecular formula is C12H11Cl2N. The van der Waals surface area contributed by atoms with Crippen molar-refractivity contribution in [2.45, 2.75) is 19.2 Å². The molecule has 0 aliphatic rings. The van der Waals surface area contributed by atoms with Crippen LogP contribution in [0, 0.1) is 0 Å². The minimum absolute atomic E-state index is 0.401. The Balaban J connectivity index is 2.74. The van der Waals surface area contributed by atoms with Crippen LogP contribution in [-0.4, -0.2) is 4.98 Å². The molecule has 1 aromatic heterocycles. The fraction of sp³-hybridized carbons (Fsp3) is 0.250. The van der Waals surface area contributed by atoms with Crippen LogP contribution in [0.15, 0.2) is 24.3 Å². The molecule has 0 saturated carbocycles. The number of hydrogen-bond acceptors (Lipinski definition) is 1. The second-order valence-corrected chi connectivity index (χ2v) is 4.04. The SMILES string of the molecule is CCc1cccc2cc(CCl)c(Cl)nc12. The maximum absolute atomic E-state index is 6.04. The first-order valence-corrected chi connectivity index (χ1v) is 5.80. The minimum Gasteiger partial charge on any atom is -0.235 e. The predicted octanol–water partition coefficient (Wildman–Crippen LogP) is 4.19. The molecule has 1 aromatic carbocycles. The van der Waals surface area contributed by atoms with Gasteiger partial charge in [0.15, 0.2) is 0 Å². The number of aromatic nitrogens is 1. The van der Waals surface area contributed by atoms with Crippen molar-refractivity contribution in [1.29, 1.82) is 0 Å². The summed E-state index contributed by atoms with van der Waals surface area (Å²) in [5.74, 6) is 0.401. The third-order valence-electron chi connectivity index (χ3n) is 2.48. The van der Waals surface area contributed by atoms with E-state index in [0.29, 0.717) is 11.0 Å². The van der Waals surface area contributed by atoms with Crippen LogP contribution < -0.4 is 0 Å². The third kappa shape index (κ3) is 1.95. The third-order valence-corrected chi connectivity index (χ3v) is 3.10. The summed E-state index contributed by atoms with van der Waals surface area (Å²) in [4.78, 5) is 4.40. The lowest BCUT2D eigenvalue weighted by Crippen LogP contribution is -1.91. The van der Waals surface area contributed by atoms with E-state index in [1.165, 1.54) is 5.56 Å². The molecule has 1 heterocycles. The van der Waals surface area contributed by atoms with E-state index in [0.717, 1.165) is 22.9 Å². The fourth-order valence-electron chi connectivity index (χ4n) is 1.66. The Morgan fingerprint density at radius 1 is 1.27 bits per heavy atom. The van der Waals surface area contributed by atoms with Gasteiger partial charge in [0, 0.05) is 10.9 Å². The molecule has 3 heteroatoms. The molecule has 2 rings (SSSR count). The smallest absolute Gasteiger partial charge is 0.134 e. The fourth-order valence-corrected chi connectivity index (χ4v) is 2.14. The molecule has 0 N–H and O–H groups in total. The number of nitrogens with zero attached hydrogens (tertiary/aromatic N) is 1. The average Bonchev–Trinajstić information content (AvgIpc) is 2.27. The molecule has 1 nitrogen and oxygen atoms in total. The summed E-state index contributed by atoms with van der Waals surface area (Å²) >= 11 is 11.8. The molecule has 0 spiro atoms. The van der Waals surface area contributed by atoms with Gasteiger partial charge < -0.3 is 0 Å². The number of para-hydroxylation sites is 1. The Kier molecular flexibility index (Phi) is 3.13. The number of fused-ring (bicyclic) bond motifs is 1. The molecule has 15 heavy (non-hydrogen) atoms. The van der Waals surface area contributed by atoms with E-state index < -0.39 is 0 Å². The van der Waals surface area contributed by atoms with Gasteiger partial charge in [-0.3, -0.25) is 0 Å². The highest BCUT2D eigenvalue weighted by molar-refractivity contribution is 6.31.